The van der Waals surface area contributed by atoms with Gasteiger partial charge in [0.05, 0.1) is 23.9 Å². The lowest BCUT2D eigenvalue weighted by Gasteiger charge is -2.24. The summed E-state index contributed by atoms with van der Waals surface area (Å²) in [5, 5.41) is 9.31. The van der Waals surface area contributed by atoms with E-state index in [2.05, 4.69) is 40.2 Å². The Labute approximate surface area is 241 Å². The Morgan fingerprint density at radius 2 is 1.68 bits per heavy atom. The van der Waals surface area contributed by atoms with E-state index in [1.165, 1.54) is 4.79 Å². The van der Waals surface area contributed by atoms with E-state index in [-0.39, 0.29) is 5.41 Å². The van der Waals surface area contributed by atoms with Gasteiger partial charge in [-0.2, -0.15) is 5.10 Å². The molecule has 0 saturated carbocycles. The number of fused-ring (bicyclic) bond motifs is 1. The number of hydrogen-bond donors (Lipinski definition) is 2. The molecule has 1 aliphatic rings. The van der Waals surface area contributed by atoms with Crippen LogP contribution in [0.5, 0.6) is 0 Å². The maximum absolute atomic E-state index is 11.5. The van der Waals surface area contributed by atoms with Gasteiger partial charge in [-0.25, -0.2) is 31.5 Å². The van der Waals surface area contributed by atoms with Gasteiger partial charge in [0.25, 0.3) is 0 Å². The minimum absolute atomic E-state index is 0.316. The lowest BCUT2D eigenvalue weighted by molar-refractivity contribution is 0.586. The number of aliphatic imine (C=N–C) groups is 1. The van der Waals surface area contributed by atoms with Gasteiger partial charge in [0.15, 0.2) is 5.82 Å². The maximum Gasteiger partial charge on any atom is 0.229 e. The smallest absolute Gasteiger partial charge is 0.229 e. The highest BCUT2D eigenvalue weighted by Gasteiger charge is 2.35. The van der Waals surface area contributed by atoms with Crippen LogP contribution >= 0.6 is 0 Å². The van der Waals surface area contributed by atoms with Crippen molar-refractivity contribution >= 4 is 48.5 Å². The Hall–Kier alpha value is -3.62. The summed E-state index contributed by atoms with van der Waals surface area (Å²) in [6.07, 6.45) is 2.25. The molecule has 0 spiro atoms. The highest BCUT2D eigenvalue weighted by Crippen LogP contribution is 2.31. The van der Waals surface area contributed by atoms with E-state index >= 15 is 0 Å². The number of hydrogen-bond acceptors (Lipinski definition) is 9. The number of benzene rings is 2. The van der Waals surface area contributed by atoms with Crippen molar-refractivity contribution in [1.29, 1.82) is 0 Å². The van der Waals surface area contributed by atoms with Crippen molar-refractivity contribution in [2.75, 3.05) is 41.8 Å². The molecule has 12 nitrogen and oxygen atoms in total. The lowest BCUT2D eigenvalue weighted by Crippen LogP contribution is -2.34. The Kier molecular flexibility index (Phi) is 8.39. The fourth-order valence-corrected chi connectivity index (χ4v) is 5.35. The molecule has 0 unspecified atom stereocenters. The molecule has 0 saturated heterocycles. The topological polar surface area (TPSA) is 151 Å². The molecule has 1 aromatic heterocycles. The number of nitrogens with one attached hydrogen (secondary N) is 2. The summed E-state index contributed by atoms with van der Waals surface area (Å²) >= 11 is 0. The molecule has 220 valence electrons. The second kappa shape index (κ2) is 11.3. The van der Waals surface area contributed by atoms with Crippen LogP contribution in [0, 0.1) is 12.3 Å². The van der Waals surface area contributed by atoms with Gasteiger partial charge in [-0.15, -0.1) is 9.89 Å². The number of sulfonamides is 2. The zero-order chi connectivity index (χ0) is 30.2. The monoisotopic (exact) mass is 600 g/mol. The average Bonchev–Trinajstić information content (AvgIpc) is 3.41. The summed E-state index contributed by atoms with van der Waals surface area (Å²) in [7, 11) is -6.63. The minimum atomic E-state index is -3.38. The fraction of sp³-hybridized carbons (Fsp3) is 0.407. The lowest BCUT2D eigenvalue weighted by atomic mass is 9.87. The predicted octanol–water partition coefficient (Wildman–Crippen LogP) is 3.39. The molecule has 0 amide bonds. The summed E-state index contributed by atoms with van der Waals surface area (Å²) < 4.78 is 50.9. The number of aryl methyl sites for hydroxylation is 1. The number of likely N-dealkylation sites (N-methyl/N-ethyl adjacent to an activating group) is 1. The van der Waals surface area contributed by atoms with Gasteiger partial charge in [-0.3, -0.25) is 4.72 Å². The van der Waals surface area contributed by atoms with Crippen LogP contribution in [0.1, 0.15) is 39.1 Å². The van der Waals surface area contributed by atoms with Crippen LogP contribution in [0.4, 0.5) is 17.1 Å². The molecule has 0 fully saturated rings. The van der Waals surface area contributed by atoms with E-state index in [1.54, 1.807) is 24.3 Å². The summed E-state index contributed by atoms with van der Waals surface area (Å²) in [4.78, 5) is 13.3. The molecule has 0 aliphatic carbocycles. The number of rotatable bonds is 10. The third kappa shape index (κ3) is 7.57. The van der Waals surface area contributed by atoms with Crippen molar-refractivity contribution in [3.63, 3.8) is 0 Å². The SMILES string of the molecule is CCN(CCNS(C)(=O)=O)c1ccc(N=C2C(C(C)(C)C)=Nn3nc(-c4ccc(NS(C)(=O)=O)cc4)nc32)c(C)c1. The maximum atomic E-state index is 11.5. The summed E-state index contributed by atoms with van der Waals surface area (Å²) in [6.45, 7) is 11.7. The van der Waals surface area contributed by atoms with Crippen LogP contribution in [0.3, 0.4) is 0 Å². The molecule has 14 heteroatoms. The van der Waals surface area contributed by atoms with Gasteiger partial charge < -0.3 is 4.90 Å². The average molecular weight is 601 g/mol. The van der Waals surface area contributed by atoms with Crippen molar-refractivity contribution < 1.29 is 16.8 Å². The fourth-order valence-electron chi connectivity index (χ4n) is 4.32. The van der Waals surface area contributed by atoms with Crippen molar-refractivity contribution in [3.05, 3.63) is 53.9 Å². The number of anilines is 2. The van der Waals surface area contributed by atoms with E-state index in [1.807, 2.05) is 32.0 Å². The second-order valence-corrected chi connectivity index (χ2v) is 14.6. The number of nitrogens with zero attached hydrogens (tertiary/aromatic N) is 6. The van der Waals surface area contributed by atoms with Crippen molar-refractivity contribution in [1.82, 2.24) is 19.6 Å². The van der Waals surface area contributed by atoms with Gasteiger partial charge >= 0.3 is 0 Å². The summed E-state index contributed by atoms with van der Waals surface area (Å²) in [5.41, 5.74) is 4.92. The molecular formula is C27H36N8O4S2. The third-order valence-electron chi connectivity index (χ3n) is 6.28. The Morgan fingerprint density at radius 3 is 2.24 bits per heavy atom. The first-order chi connectivity index (χ1) is 19.0. The molecule has 2 heterocycles. The van der Waals surface area contributed by atoms with Gasteiger partial charge in [-0.1, -0.05) is 20.8 Å². The third-order valence-corrected chi connectivity index (χ3v) is 7.62. The van der Waals surface area contributed by atoms with Crippen molar-refractivity contribution in [3.8, 4) is 11.4 Å². The van der Waals surface area contributed by atoms with Crippen LogP contribution in [0.15, 0.2) is 52.6 Å². The second-order valence-electron chi connectivity index (χ2n) is 11.0. The van der Waals surface area contributed by atoms with E-state index in [9.17, 15) is 16.8 Å². The van der Waals surface area contributed by atoms with Crippen LogP contribution in [0.25, 0.3) is 11.4 Å². The molecule has 41 heavy (non-hydrogen) atoms. The summed E-state index contributed by atoms with van der Waals surface area (Å²) in [5.74, 6) is 0.970. The molecule has 0 bridgehead atoms. The number of aromatic nitrogens is 3. The first-order valence-corrected chi connectivity index (χ1v) is 16.9. The van der Waals surface area contributed by atoms with Gasteiger partial charge in [0.2, 0.25) is 25.9 Å². The molecule has 3 aromatic rings. The summed E-state index contributed by atoms with van der Waals surface area (Å²) in [6, 6.07) is 12.8. The van der Waals surface area contributed by atoms with E-state index in [4.69, 9.17) is 15.1 Å². The quantitative estimate of drug-likeness (QED) is 0.362. The van der Waals surface area contributed by atoms with Gasteiger partial charge in [-0.05, 0) is 61.9 Å². The Balaban J connectivity index is 1.65. The minimum Gasteiger partial charge on any atom is -0.370 e. The van der Waals surface area contributed by atoms with E-state index in [0.717, 1.165) is 41.7 Å². The largest absolute Gasteiger partial charge is 0.370 e. The predicted molar refractivity (Wildman–Crippen MR) is 164 cm³/mol. The molecule has 0 atom stereocenters. The van der Waals surface area contributed by atoms with E-state index in [0.29, 0.717) is 41.7 Å². The highest BCUT2D eigenvalue weighted by atomic mass is 32.2. The zero-order valence-electron chi connectivity index (χ0n) is 24.3. The zero-order valence-corrected chi connectivity index (χ0v) is 25.9. The molecule has 4 rings (SSSR count). The standard InChI is InChI=1S/C27H36N8O4S2/c1-8-34(16-15-28-40(6,36)37)21-13-14-22(18(2)17-21)29-23-24(27(3,4)5)31-35-26(23)30-25(32-35)19-9-11-20(12-10-19)33-41(7,38)39/h9-14,17,28,33H,8,15-16H2,1-7H3. The van der Waals surface area contributed by atoms with Crippen LogP contribution in [-0.2, 0) is 20.0 Å². The molecule has 2 aromatic carbocycles. The van der Waals surface area contributed by atoms with Gasteiger partial charge in [0, 0.05) is 42.0 Å². The normalized spacial score (nSPS) is 14.7. The molecular weight excluding hydrogens is 564 g/mol. The first-order valence-electron chi connectivity index (χ1n) is 13.1. The highest BCUT2D eigenvalue weighted by molar-refractivity contribution is 7.92. The molecule has 0 radical (unpaired) electrons. The first kappa shape index (κ1) is 30.3. The van der Waals surface area contributed by atoms with Crippen LogP contribution in [-0.4, -0.2) is 75.3 Å². The molecule has 2 N–H and O–H groups in total. The van der Waals surface area contributed by atoms with Crippen molar-refractivity contribution in [2.45, 2.75) is 34.6 Å². The molecule has 1 aliphatic heterocycles. The Morgan fingerprint density at radius 1 is 1.00 bits per heavy atom. The Bertz CT molecular complexity index is 1720. The van der Waals surface area contributed by atoms with E-state index < -0.39 is 20.0 Å². The van der Waals surface area contributed by atoms with Crippen LogP contribution in [0.2, 0.25) is 0 Å². The van der Waals surface area contributed by atoms with Gasteiger partial charge in [0.1, 0.15) is 5.71 Å². The van der Waals surface area contributed by atoms with Crippen LogP contribution < -0.4 is 14.3 Å². The van der Waals surface area contributed by atoms with Crippen molar-refractivity contribution in [2.24, 2.45) is 15.5 Å².